The molecule has 1 N–H and O–H groups in total. The highest BCUT2D eigenvalue weighted by atomic mass is 16.3. The van der Waals surface area contributed by atoms with Gasteiger partial charge in [0.25, 0.3) is 0 Å². The Hall–Kier alpha value is -0.970. The molecule has 0 radical (unpaired) electrons. The van der Waals surface area contributed by atoms with Gasteiger partial charge >= 0.3 is 0 Å². The Morgan fingerprint density at radius 2 is 2.19 bits per heavy atom. The molecule has 0 bridgehead atoms. The molecule has 1 aliphatic carbocycles. The second kappa shape index (κ2) is 4.13. The highest BCUT2D eigenvalue weighted by Gasteiger charge is 2.36. The van der Waals surface area contributed by atoms with Gasteiger partial charge in [-0.15, -0.1) is 10.2 Å². The summed E-state index contributed by atoms with van der Waals surface area (Å²) in [6.07, 6.45) is 3.29. The van der Waals surface area contributed by atoms with Gasteiger partial charge in [0, 0.05) is 6.42 Å². The van der Waals surface area contributed by atoms with E-state index in [9.17, 15) is 5.11 Å². The summed E-state index contributed by atoms with van der Waals surface area (Å²) in [5.41, 5.74) is -0.630. The normalized spacial score (nSPS) is 35.2. The summed E-state index contributed by atoms with van der Waals surface area (Å²) in [5.74, 6) is 1.91. The van der Waals surface area contributed by atoms with E-state index in [1.54, 1.807) is 7.05 Å². The van der Waals surface area contributed by atoms with E-state index in [0.29, 0.717) is 24.1 Å². The van der Waals surface area contributed by atoms with Crippen LogP contribution in [0.3, 0.4) is 0 Å². The molecule has 1 aromatic rings. The van der Waals surface area contributed by atoms with Crippen LogP contribution in [0.25, 0.3) is 0 Å². The monoisotopic (exact) mass is 224 g/mol. The summed E-state index contributed by atoms with van der Waals surface area (Å²) in [6.45, 7) is 4.46. The smallest absolute Gasteiger partial charge is 0.177 e. The molecule has 0 aliphatic heterocycles. The van der Waals surface area contributed by atoms with E-state index in [0.717, 1.165) is 19.3 Å². The lowest BCUT2D eigenvalue weighted by Crippen LogP contribution is -2.39. The number of aliphatic hydroxyl groups is 1. The Bertz CT molecular complexity index is 365. The van der Waals surface area contributed by atoms with Crippen molar-refractivity contribution in [3.8, 4) is 0 Å². The maximum Gasteiger partial charge on any atom is 0.177 e. The Morgan fingerprint density at radius 1 is 1.44 bits per heavy atom. The first-order chi connectivity index (χ1) is 7.48. The van der Waals surface area contributed by atoms with Crippen molar-refractivity contribution < 1.29 is 5.11 Å². The largest absolute Gasteiger partial charge is 0.389 e. The Kier molecular flexibility index (Phi) is 2.97. The van der Waals surface area contributed by atoms with Crippen molar-refractivity contribution in [1.29, 1.82) is 0 Å². The topological polar surface area (TPSA) is 63.8 Å². The molecule has 0 spiro atoms. The van der Waals surface area contributed by atoms with Crippen LogP contribution in [-0.4, -0.2) is 30.9 Å². The SMILES string of the molecule is CC1CCC(O)(Cc2nnn(C)n2)CC1C. The molecule has 1 aliphatic rings. The lowest BCUT2D eigenvalue weighted by Gasteiger charge is -2.38. The molecule has 16 heavy (non-hydrogen) atoms. The molecule has 90 valence electrons. The van der Waals surface area contributed by atoms with Gasteiger partial charge in [0.15, 0.2) is 5.82 Å². The first-order valence-corrected chi connectivity index (χ1v) is 5.94. The van der Waals surface area contributed by atoms with Crippen LogP contribution in [0.1, 0.15) is 38.9 Å². The van der Waals surface area contributed by atoms with E-state index in [1.165, 1.54) is 4.80 Å². The first-order valence-electron chi connectivity index (χ1n) is 5.94. The van der Waals surface area contributed by atoms with Crippen LogP contribution in [0.2, 0.25) is 0 Å². The van der Waals surface area contributed by atoms with Gasteiger partial charge in [-0.1, -0.05) is 13.8 Å². The molecular weight excluding hydrogens is 204 g/mol. The third-order valence-electron chi connectivity index (χ3n) is 3.78. The lowest BCUT2D eigenvalue weighted by molar-refractivity contribution is -0.0294. The van der Waals surface area contributed by atoms with Gasteiger partial charge in [0.05, 0.1) is 12.6 Å². The van der Waals surface area contributed by atoms with Gasteiger partial charge in [0.1, 0.15) is 0 Å². The summed E-state index contributed by atoms with van der Waals surface area (Å²) in [5, 5.41) is 22.4. The fourth-order valence-corrected chi connectivity index (χ4v) is 2.53. The number of nitrogens with zero attached hydrogens (tertiary/aromatic N) is 4. The zero-order valence-corrected chi connectivity index (χ0v) is 10.2. The van der Waals surface area contributed by atoms with Crippen LogP contribution in [0, 0.1) is 11.8 Å². The van der Waals surface area contributed by atoms with Gasteiger partial charge in [-0.2, -0.15) is 4.80 Å². The minimum atomic E-state index is -0.630. The molecule has 3 atom stereocenters. The van der Waals surface area contributed by atoms with Gasteiger partial charge in [-0.05, 0) is 36.3 Å². The van der Waals surface area contributed by atoms with Crippen molar-refractivity contribution >= 4 is 0 Å². The molecule has 0 saturated heterocycles. The van der Waals surface area contributed by atoms with Crippen molar-refractivity contribution in [1.82, 2.24) is 20.2 Å². The molecule has 2 rings (SSSR count). The summed E-state index contributed by atoms with van der Waals surface area (Å²) < 4.78 is 0. The van der Waals surface area contributed by atoms with E-state index in [-0.39, 0.29) is 0 Å². The molecule has 0 amide bonds. The van der Waals surface area contributed by atoms with Gasteiger partial charge in [-0.3, -0.25) is 0 Å². The predicted octanol–water partition coefficient (Wildman–Crippen LogP) is 0.940. The van der Waals surface area contributed by atoms with Crippen LogP contribution >= 0.6 is 0 Å². The minimum absolute atomic E-state index is 0.526. The molecule has 1 aromatic heterocycles. The third kappa shape index (κ3) is 2.40. The summed E-state index contributed by atoms with van der Waals surface area (Å²) in [4.78, 5) is 1.44. The van der Waals surface area contributed by atoms with Crippen molar-refractivity contribution in [2.24, 2.45) is 18.9 Å². The molecule has 5 heteroatoms. The van der Waals surface area contributed by atoms with Gasteiger partial charge in [0.2, 0.25) is 0 Å². The fraction of sp³-hybridized carbons (Fsp3) is 0.909. The average molecular weight is 224 g/mol. The minimum Gasteiger partial charge on any atom is -0.389 e. The number of aromatic nitrogens is 4. The number of aryl methyl sites for hydroxylation is 1. The van der Waals surface area contributed by atoms with E-state index < -0.39 is 5.60 Å². The number of rotatable bonds is 2. The highest BCUT2D eigenvalue weighted by molar-refractivity contribution is 4.95. The molecular formula is C11H20N4O. The van der Waals surface area contributed by atoms with Crippen molar-refractivity contribution in [2.45, 2.75) is 45.1 Å². The third-order valence-corrected chi connectivity index (χ3v) is 3.78. The predicted molar refractivity (Wildman–Crippen MR) is 59.6 cm³/mol. The molecule has 3 unspecified atom stereocenters. The number of tetrazole rings is 1. The van der Waals surface area contributed by atoms with Crippen LogP contribution in [0.4, 0.5) is 0 Å². The standard InChI is InChI=1S/C11H20N4O/c1-8-4-5-11(16,6-9(8)2)7-10-12-14-15(3)13-10/h8-9,16H,4-7H2,1-3H3. The molecule has 1 saturated carbocycles. The Balaban J connectivity index is 2.03. The van der Waals surface area contributed by atoms with E-state index in [1.807, 2.05) is 0 Å². The quantitative estimate of drug-likeness (QED) is 0.812. The Labute approximate surface area is 95.9 Å². The maximum absolute atomic E-state index is 10.5. The molecule has 5 nitrogen and oxygen atoms in total. The summed E-state index contributed by atoms with van der Waals surface area (Å²) in [6, 6.07) is 0. The first kappa shape index (κ1) is 11.5. The number of hydrogen-bond acceptors (Lipinski definition) is 4. The second-order valence-electron chi connectivity index (χ2n) is 5.29. The zero-order valence-electron chi connectivity index (χ0n) is 10.2. The zero-order chi connectivity index (χ0) is 11.8. The fourth-order valence-electron chi connectivity index (χ4n) is 2.53. The van der Waals surface area contributed by atoms with Crippen LogP contribution in [-0.2, 0) is 13.5 Å². The van der Waals surface area contributed by atoms with E-state index >= 15 is 0 Å². The van der Waals surface area contributed by atoms with Crippen molar-refractivity contribution in [3.63, 3.8) is 0 Å². The highest BCUT2D eigenvalue weighted by Crippen LogP contribution is 2.37. The summed E-state index contributed by atoms with van der Waals surface area (Å²) >= 11 is 0. The van der Waals surface area contributed by atoms with E-state index in [4.69, 9.17) is 0 Å². The molecule has 0 aromatic carbocycles. The number of hydrogen-bond donors (Lipinski definition) is 1. The van der Waals surface area contributed by atoms with E-state index in [2.05, 4.69) is 29.3 Å². The van der Waals surface area contributed by atoms with Crippen LogP contribution < -0.4 is 0 Å². The van der Waals surface area contributed by atoms with Crippen molar-refractivity contribution in [3.05, 3.63) is 5.82 Å². The van der Waals surface area contributed by atoms with Crippen LogP contribution in [0.5, 0.6) is 0 Å². The van der Waals surface area contributed by atoms with Gasteiger partial charge in [-0.25, -0.2) is 0 Å². The lowest BCUT2D eigenvalue weighted by atomic mass is 9.72. The molecule has 1 fully saturated rings. The van der Waals surface area contributed by atoms with Crippen LogP contribution in [0.15, 0.2) is 0 Å². The summed E-state index contributed by atoms with van der Waals surface area (Å²) in [7, 11) is 1.74. The second-order valence-corrected chi connectivity index (χ2v) is 5.29. The average Bonchev–Trinajstić information content (AvgIpc) is 2.58. The molecule has 1 heterocycles. The Morgan fingerprint density at radius 3 is 2.75 bits per heavy atom. The maximum atomic E-state index is 10.5. The van der Waals surface area contributed by atoms with Gasteiger partial charge < -0.3 is 5.11 Å². The van der Waals surface area contributed by atoms with Crippen molar-refractivity contribution in [2.75, 3.05) is 0 Å².